The van der Waals surface area contributed by atoms with Crippen LogP contribution in [0.4, 0.5) is 5.69 Å². The van der Waals surface area contributed by atoms with Crippen LogP contribution in [0.15, 0.2) is 59.5 Å². The minimum absolute atomic E-state index is 0.0571. The number of nitrogens with zero attached hydrogens (tertiary/aromatic N) is 1. The second-order valence-electron chi connectivity index (χ2n) is 6.35. The zero-order valence-corrected chi connectivity index (χ0v) is 15.4. The van der Waals surface area contributed by atoms with Crippen molar-refractivity contribution >= 4 is 21.7 Å². The van der Waals surface area contributed by atoms with Crippen LogP contribution >= 0.6 is 0 Å². The molecule has 0 spiro atoms. The molecule has 1 N–H and O–H groups in total. The minimum Gasteiger partial charge on any atom is -0.371 e. The van der Waals surface area contributed by atoms with E-state index in [1.165, 1.54) is 17.7 Å². The molecule has 138 valence electrons. The maximum atomic E-state index is 12.0. The van der Waals surface area contributed by atoms with Crippen molar-refractivity contribution in [3.8, 4) is 0 Å². The van der Waals surface area contributed by atoms with Crippen molar-refractivity contribution in [2.75, 3.05) is 18.0 Å². The first-order valence-corrected chi connectivity index (χ1v) is 10.0. The van der Waals surface area contributed by atoms with E-state index in [0.29, 0.717) is 5.92 Å². The Morgan fingerprint density at radius 3 is 2.23 bits per heavy atom. The van der Waals surface area contributed by atoms with Crippen LogP contribution in [-0.2, 0) is 19.7 Å². The number of nitrogens with one attached hydrogen (secondary N) is 1. The molecule has 1 aliphatic heterocycles. The van der Waals surface area contributed by atoms with E-state index in [9.17, 15) is 13.2 Å². The summed E-state index contributed by atoms with van der Waals surface area (Å²) in [5, 5.41) is 0. The van der Waals surface area contributed by atoms with Crippen LogP contribution in [0, 0.1) is 0 Å². The highest BCUT2D eigenvalue weighted by Crippen LogP contribution is 2.30. The van der Waals surface area contributed by atoms with Crippen LogP contribution in [0.3, 0.4) is 0 Å². The van der Waals surface area contributed by atoms with Crippen molar-refractivity contribution < 1.29 is 18.0 Å². The lowest BCUT2D eigenvalue weighted by molar-refractivity contribution is -0.144. The Balaban J connectivity index is 1.62. The molecule has 3 rings (SSSR count). The van der Waals surface area contributed by atoms with E-state index in [1.807, 2.05) is 6.07 Å². The highest BCUT2D eigenvalue weighted by molar-refractivity contribution is 7.89. The van der Waals surface area contributed by atoms with E-state index in [2.05, 4.69) is 34.0 Å². The van der Waals surface area contributed by atoms with Crippen LogP contribution in [0.2, 0.25) is 0 Å². The lowest BCUT2D eigenvalue weighted by atomic mass is 9.89. The van der Waals surface area contributed by atoms with Gasteiger partial charge in [0, 0.05) is 25.7 Å². The first kappa shape index (κ1) is 18.4. The summed E-state index contributed by atoms with van der Waals surface area (Å²) in [5.74, 6) is -0.147. The molecule has 2 aromatic rings. The van der Waals surface area contributed by atoms with Gasteiger partial charge in [0.2, 0.25) is 0 Å². The fraction of sp³-hybridized carbons (Fsp3) is 0.316. The second kappa shape index (κ2) is 7.88. The van der Waals surface area contributed by atoms with Gasteiger partial charge in [0.15, 0.2) is 0 Å². The standard InChI is InChI=1S/C19H22N2O4S/c1-15(22)25-20-26(23,24)19-9-7-18(8-10-19)21-13-11-17(12-14-21)16-5-3-2-4-6-16/h2-10,17,20H,11-14H2,1H3. The molecule has 1 aliphatic rings. The van der Waals surface area contributed by atoms with Crippen molar-refractivity contribution in [1.29, 1.82) is 0 Å². The predicted octanol–water partition coefficient (Wildman–Crippen LogP) is 2.83. The molecule has 1 fully saturated rings. The quantitative estimate of drug-likeness (QED) is 0.815. The number of sulfonamides is 1. The van der Waals surface area contributed by atoms with Crippen LogP contribution in [0.1, 0.15) is 31.2 Å². The molecule has 0 amide bonds. The Morgan fingerprint density at radius 1 is 1.04 bits per heavy atom. The zero-order valence-electron chi connectivity index (χ0n) is 14.6. The molecule has 7 heteroatoms. The predicted molar refractivity (Wildman–Crippen MR) is 99.2 cm³/mol. The molecule has 2 aromatic carbocycles. The monoisotopic (exact) mass is 374 g/mol. The summed E-state index contributed by atoms with van der Waals surface area (Å²) < 4.78 is 24.0. The Bertz CT molecular complexity index is 843. The molecule has 0 aliphatic carbocycles. The molecule has 1 heterocycles. The maximum absolute atomic E-state index is 12.0. The van der Waals surface area contributed by atoms with Gasteiger partial charge in [-0.25, -0.2) is 8.42 Å². The van der Waals surface area contributed by atoms with Gasteiger partial charge >= 0.3 is 5.97 Å². The van der Waals surface area contributed by atoms with Gasteiger partial charge in [-0.3, -0.25) is 4.79 Å². The van der Waals surface area contributed by atoms with E-state index < -0.39 is 16.0 Å². The average molecular weight is 374 g/mol. The van der Waals surface area contributed by atoms with Crippen molar-refractivity contribution in [1.82, 2.24) is 4.89 Å². The number of carbonyl (C=O) groups is 1. The number of anilines is 1. The number of piperidine rings is 1. The molecule has 6 nitrogen and oxygen atoms in total. The third-order valence-corrected chi connectivity index (χ3v) is 5.77. The van der Waals surface area contributed by atoms with Gasteiger partial charge in [0.05, 0.1) is 4.90 Å². The fourth-order valence-electron chi connectivity index (χ4n) is 3.19. The summed E-state index contributed by atoms with van der Waals surface area (Å²) in [4.78, 5) is 19.3. The average Bonchev–Trinajstić information content (AvgIpc) is 2.67. The summed E-state index contributed by atoms with van der Waals surface area (Å²) in [7, 11) is -3.86. The van der Waals surface area contributed by atoms with Crippen LogP contribution < -0.4 is 9.79 Å². The van der Waals surface area contributed by atoms with Gasteiger partial charge in [-0.2, -0.15) is 0 Å². The van der Waals surface area contributed by atoms with Gasteiger partial charge in [-0.1, -0.05) is 30.3 Å². The van der Waals surface area contributed by atoms with Crippen LogP contribution in [0.25, 0.3) is 0 Å². The van der Waals surface area contributed by atoms with Crippen LogP contribution in [-0.4, -0.2) is 27.5 Å². The highest BCUT2D eigenvalue weighted by atomic mass is 32.2. The first-order valence-electron chi connectivity index (χ1n) is 8.55. The second-order valence-corrected chi connectivity index (χ2v) is 7.99. The number of rotatable bonds is 5. The van der Waals surface area contributed by atoms with Crippen molar-refractivity contribution in [3.63, 3.8) is 0 Å². The summed E-state index contributed by atoms with van der Waals surface area (Å²) >= 11 is 0. The topological polar surface area (TPSA) is 75.7 Å². The van der Waals surface area contributed by atoms with E-state index in [-0.39, 0.29) is 4.90 Å². The Hall–Kier alpha value is -2.38. The third-order valence-electron chi connectivity index (χ3n) is 4.57. The Kier molecular flexibility index (Phi) is 5.58. The molecule has 0 radical (unpaired) electrons. The number of benzene rings is 2. The van der Waals surface area contributed by atoms with E-state index in [0.717, 1.165) is 38.5 Å². The smallest absolute Gasteiger partial charge is 0.323 e. The van der Waals surface area contributed by atoms with Gasteiger partial charge in [0.1, 0.15) is 0 Å². The van der Waals surface area contributed by atoms with Crippen LogP contribution in [0.5, 0.6) is 0 Å². The van der Waals surface area contributed by atoms with E-state index >= 15 is 0 Å². The van der Waals surface area contributed by atoms with Crippen molar-refractivity contribution in [2.24, 2.45) is 0 Å². The lowest BCUT2D eigenvalue weighted by Crippen LogP contribution is -2.33. The lowest BCUT2D eigenvalue weighted by Gasteiger charge is -2.34. The minimum atomic E-state index is -3.86. The Morgan fingerprint density at radius 2 is 1.65 bits per heavy atom. The van der Waals surface area contributed by atoms with Crippen molar-refractivity contribution in [3.05, 3.63) is 60.2 Å². The van der Waals surface area contributed by atoms with Gasteiger partial charge in [0.25, 0.3) is 10.0 Å². The molecule has 0 unspecified atom stereocenters. The number of carbonyl (C=O) groups excluding carboxylic acids is 1. The molecule has 0 aromatic heterocycles. The summed E-state index contributed by atoms with van der Waals surface area (Å²) in [6, 6.07) is 17.1. The number of hydrogen-bond donors (Lipinski definition) is 1. The molecular formula is C19H22N2O4S. The fourth-order valence-corrected chi connectivity index (χ4v) is 4.01. The van der Waals surface area contributed by atoms with E-state index in [4.69, 9.17) is 0 Å². The highest BCUT2D eigenvalue weighted by Gasteiger charge is 2.21. The van der Waals surface area contributed by atoms with Gasteiger partial charge in [-0.15, -0.1) is 0 Å². The Labute approximate surface area is 153 Å². The van der Waals surface area contributed by atoms with Gasteiger partial charge < -0.3 is 9.74 Å². The molecule has 0 saturated carbocycles. The molecule has 1 saturated heterocycles. The van der Waals surface area contributed by atoms with E-state index in [1.54, 1.807) is 17.0 Å². The molecular weight excluding hydrogens is 352 g/mol. The van der Waals surface area contributed by atoms with Crippen molar-refractivity contribution in [2.45, 2.75) is 30.6 Å². The summed E-state index contributed by atoms with van der Waals surface area (Å²) in [5.41, 5.74) is 2.37. The largest absolute Gasteiger partial charge is 0.371 e. The summed E-state index contributed by atoms with van der Waals surface area (Å²) in [6.45, 7) is 2.99. The molecule has 0 atom stereocenters. The first-order chi connectivity index (χ1) is 12.5. The SMILES string of the molecule is CC(=O)ONS(=O)(=O)c1ccc(N2CCC(c3ccccc3)CC2)cc1. The number of hydrogen-bond acceptors (Lipinski definition) is 5. The zero-order chi connectivity index (χ0) is 18.6. The third kappa shape index (κ3) is 4.42. The molecule has 26 heavy (non-hydrogen) atoms. The maximum Gasteiger partial charge on any atom is 0.323 e. The summed E-state index contributed by atoms with van der Waals surface area (Å²) in [6.07, 6.45) is 2.14. The normalized spacial score (nSPS) is 15.7. The molecule has 0 bridgehead atoms. The van der Waals surface area contributed by atoms with Gasteiger partial charge in [-0.05, 0) is 53.5 Å².